The molecule has 1 heterocycles. The lowest BCUT2D eigenvalue weighted by molar-refractivity contribution is 1.34. The first kappa shape index (κ1) is 10.6. The van der Waals surface area contributed by atoms with E-state index < -0.39 is 0 Å². The molecule has 0 amide bonds. The van der Waals surface area contributed by atoms with Crippen LogP contribution in [0.1, 0.15) is 0 Å². The minimum Gasteiger partial charge on any atom is -0.396 e. The minimum absolute atomic E-state index is 0. The van der Waals surface area contributed by atoms with E-state index in [-0.39, 0.29) is 12.4 Å². The van der Waals surface area contributed by atoms with Gasteiger partial charge >= 0.3 is 0 Å². The second kappa shape index (κ2) is 4.13. The molecule has 2 aromatic rings. The Bertz CT molecular complexity index is 444. The molecule has 0 atom stereocenters. The summed E-state index contributed by atoms with van der Waals surface area (Å²) in [5.74, 6) is 5.36. The molecule has 0 saturated heterocycles. The molecule has 14 heavy (non-hydrogen) atoms. The monoisotopic (exact) mass is 210 g/mol. The summed E-state index contributed by atoms with van der Waals surface area (Å²) in [4.78, 5) is 4.17. The molecule has 2 rings (SSSR count). The largest absolute Gasteiger partial charge is 0.396 e. The Balaban J connectivity index is 0.000000980. The van der Waals surface area contributed by atoms with Crippen molar-refractivity contribution in [1.29, 1.82) is 0 Å². The highest BCUT2D eigenvalue weighted by Gasteiger charge is 2.03. The van der Waals surface area contributed by atoms with E-state index in [1.165, 1.54) is 0 Å². The normalized spacial score (nSPS) is 9.50. The lowest BCUT2D eigenvalue weighted by Crippen LogP contribution is -2.09. The van der Waals surface area contributed by atoms with E-state index in [0.717, 1.165) is 16.6 Å². The van der Waals surface area contributed by atoms with Gasteiger partial charge in [0.05, 0.1) is 23.1 Å². The predicted molar refractivity (Wildman–Crippen MR) is 61.2 cm³/mol. The lowest BCUT2D eigenvalue weighted by atomic mass is 10.2. The summed E-state index contributed by atoms with van der Waals surface area (Å²) in [6.45, 7) is 0. The molecule has 0 spiro atoms. The van der Waals surface area contributed by atoms with Crippen molar-refractivity contribution in [2.24, 2.45) is 5.84 Å². The molecule has 0 fully saturated rings. The van der Waals surface area contributed by atoms with Crippen molar-refractivity contribution in [2.45, 2.75) is 0 Å². The van der Waals surface area contributed by atoms with E-state index in [0.29, 0.717) is 5.69 Å². The van der Waals surface area contributed by atoms with Crippen molar-refractivity contribution in [3.63, 3.8) is 0 Å². The minimum atomic E-state index is 0. The van der Waals surface area contributed by atoms with Crippen LogP contribution < -0.4 is 17.0 Å². The van der Waals surface area contributed by atoms with Crippen molar-refractivity contribution in [3.8, 4) is 0 Å². The molecular weight excluding hydrogens is 200 g/mol. The molecule has 1 aromatic heterocycles. The van der Waals surface area contributed by atoms with E-state index in [4.69, 9.17) is 11.6 Å². The summed E-state index contributed by atoms with van der Waals surface area (Å²) in [5.41, 5.74) is 10.4. The van der Waals surface area contributed by atoms with Crippen LogP contribution in [0.4, 0.5) is 11.4 Å². The van der Waals surface area contributed by atoms with Crippen molar-refractivity contribution < 1.29 is 0 Å². The Morgan fingerprint density at radius 2 is 1.93 bits per heavy atom. The molecule has 0 unspecified atom stereocenters. The number of fused-ring (bicyclic) bond motifs is 1. The zero-order valence-corrected chi connectivity index (χ0v) is 8.21. The third kappa shape index (κ3) is 1.57. The van der Waals surface area contributed by atoms with Crippen LogP contribution >= 0.6 is 12.4 Å². The smallest absolute Gasteiger partial charge is 0.0827 e. The second-order valence-electron chi connectivity index (χ2n) is 2.75. The summed E-state index contributed by atoms with van der Waals surface area (Å²) in [6.07, 6.45) is 1.59. The van der Waals surface area contributed by atoms with E-state index in [9.17, 15) is 0 Å². The standard InChI is InChI=1S/C9H10N4.ClH/c10-7-5-12-8-4-2-1-3-6(8)9(7)13-11;/h1-5H,10-11H2,(H,12,13);1H. The molecular formula is C9H11ClN4. The number of nitrogens with one attached hydrogen (secondary N) is 1. The number of benzene rings is 1. The number of nitrogens with zero attached hydrogens (tertiary/aromatic N) is 1. The van der Waals surface area contributed by atoms with Gasteiger partial charge in [0.25, 0.3) is 0 Å². The van der Waals surface area contributed by atoms with Gasteiger partial charge < -0.3 is 11.2 Å². The summed E-state index contributed by atoms with van der Waals surface area (Å²) in [5, 5.41) is 0.935. The first-order chi connectivity index (χ1) is 6.33. The van der Waals surface area contributed by atoms with Crippen LogP contribution in [0.3, 0.4) is 0 Å². The number of nitrogens with two attached hydrogens (primary N) is 2. The molecule has 5 heteroatoms. The summed E-state index contributed by atoms with van der Waals surface area (Å²) in [6, 6.07) is 7.68. The van der Waals surface area contributed by atoms with E-state index >= 15 is 0 Å². The Hall–Kier alpha value is -1.52. The maximum absolute atomic E-state index is 5.69. The fourth-order valence-corrected chi connectivity index (χ4v) is 1.32. The van der Waals surface area contributed by atoms with Crippen LogP contribution in [0.15, 0.2) is 30.5 Å². The molecule has 0 radical (unpaired) electrons. The maximum atomic E-state index is 5.69. The van der Waals surface area contributed by atoms with Crippen molar-refractivity contribution >= 4 is 34.7 Å². The predicted octanol–water partition coefficient (Wildman–Crippen LogP) is 1.52. The van der Waals surface area contributed by atoms with E-state index in [1.54, 1.807) is 6.20 Å². The first-order valence-electron chi connectivity index (χ1n) is 3.93. The van der Waals surface area contributed by atoms with E-state index in [2.05, 4.69) is 10.4 Å². The average Bonchev–Trinajstić information content (AvgIpc) is 2.18. The number of nitrogen functional groups attached to an aromatic ring is 2. The van der Waals surface area contributed by atoms with Gasteiger partial charge in [-0.15, -0.1) is 12.4 Å². The number of hydrogen-bond donors (Lipinski definition) is 3. The SMILES string of the molecule is Cl.NNc1c(N)cnc2ccccc12. The highest BCUT2D eigenvalue weighted by molar-refractivity contribution is 5.96. The van der Waals surface area contributed by atoms with Gasteiger partial charge in [-0.25, -0.2) is 0 Å². The fourth-order valence-electron chi connectivity index (χ4n) is 1.32. The highest BCUT2D eigenvalue weighted by Crippen LogP contribution is 2.25. The summed E-state index contributed by atoms with van der Waals surface area (Å²) < 4.78 is 0. The third-order valence-electron chi connectivity index (χ3n) is 1.95. The fraction of sp³-hybridized carbons (Fsp3) is 0. The number of pyridine rings is 1. The van der Waals surface area contributed by atoms with E-state index in [1.807, 2.05) is 24.3 Å². The molecule has 0 aliphatic heterocycles. The second-order valence-corrected chi connectivity index (χ2v) is 2.75. The maximum Gasteiger partial charge on any atom is 0.0827 e. The van der Waals surface area contributed by atoms with Crippen LogP contribution in [0.5, 0.6) is 0 Å². The van der Waals surface area contributed by atoms with Gasteiger partial charge in [-0.3, -0.25) is 10.8 Å². The molecule has 0 saturated carbocycles. The summed E-state index contributed by atoms with van der Waals surface area (Å²) >= 11 is 0. The lowest BCUT2D eigenvalue weighted by Gasteiger charge is -2.07. The number of rotatable bonds is 1. The molecule has 74 valence electrons. The molecule has 5 N–H and O–H groups in total. The number of halogens is 1. The molecule has 0 bridgehead atoms. The zero-order valence-electron chi connectivity index (χ0n) is 7.40. The third-order valence-corrected chi connectivity index (χ3v) is 1.95. The van der Waals surface area contributed by atoms with Crippen molar-refractivity contribution in [3.05, 3.63) is 30.5 Å². The topological polar surface area (TPSA) is 77.0 Å². The van der Waals surface area contributed by atoms with Gasteiger partial charge in [-0.2, -0.15) is 0 Å². The Labute approximate surface area is 87.7 Å². The van der Waals surface area contributed by atoms with Gasteiger partial charge in [0, 0.05) is 5.39 Å². The zero-order chi connectivity index (χ0) is 9.26. The number of hydrazine groups is 1. The van der Waals surface area contributed by atoms with Gasteiger partial charge in [0.2, 0.25) is 0 Å². The van der Waals surface area contributed by atoms with Crippen LogP contribution in [-0.2, 0) is 0 Å². The van der Waals surface area contributed by atoms with Gasteiger partial charge in [0.1, 0.15) is 0 Å². The molecule has 1 aromatic carbocycles. The Kier molecular flexibility index (Phi) is 3.11. The van der Waals surface area contributed by atoms with Gasteiger partial charge in [-0.1, -0.05) is 18.2 Å². The van der Waals surface area contributed by atoms with Gasteiger partial charge in [-0.05, 0) is 6.07 Å². The number of hydrogen-bond acceptors (Lipinski definition) is 4. The van der Waals surface area contributed by atoms with Crippen molar-refractivity contribution in [2.75, 3.05) is 11.2 Å². The number of aromatic nitrogens is 1. The Morgan fingerprint density at radius 1 is 1.21 bits per heavy atom. The van der Waals surface area contributed by atoms with Crippen molar-refractivity contribution in [1.82, 2.24) is 4.98 Å². The Morgan fingerprint density at radius 3 is 2.64 bits per heavy atom. The number of para-hydroxylation sites is 1. The molecule has 0 aliphatic carbocycles. The van der Waals surface area contributed by atoms with Crippen LogP contribution in [0.25, 0.3) is 10.9 Å². The van der Waals surface area contributed by atoms with Crippen LogP contribution in [0.2, 0.25) is 0 Å². The first-order valence-corrected chi connectivity index (χ1v) is 3.93. The van der Waals surface area contributed by atoms with Crippen LogP contribution in [0, 0.1) is 0 Å². The highest BCUT2D eigenvalue weighted by atomic mass is 35.5. The van der Waals surface area contributed by atoms with Gasteiger partial charge in [0.15, 0.2) is 0 Å². The van der Waals surface area contributed by atoms with Crippen LogP contribution in [-0.4, -0.2) is 4.98 Å². The molecule has 4 nitrogen and oxygen atoms in total. The molecule has 0 aliphatic rings. The summed E-state index contributed by atoms with van der Waals surface area (Å²) in [7, 11) is 0. The quantitative estimate of drug-likeness (QED) is 0.493. The number of anilines is 2. The average molecular weight is 211 g/mol.